The Hall–Kier alpha value is -2.25. The predicted octanol–water partition coefficient (Wildman–Crippen LogP) is 3.16. The van der Waals surface area contributed by atoms with Gasteiger partial charge in [0.15, 0.2) is 10.8 Å². The number of hydrogen-bond acceptors (Lipinski definition) is 6. The molecular weight excluding hydrogens is 290 g/mol. The molecule has 20 heavy (non-hydrogen) atoms. The van der Waals surface area contributed by atoms with Gasteiger partial charge in [-0.15, -0.1) is 21.5 Å². The van der Waals surface area contributed by atoms with Crippen molar-refractivity contribution in [3.63, 3.8) is 0 Å². The van der Waals surface area contributed by atoms with Crippen LogP contribution in [0.3, 0.4) is 0 Å². The molecule has 0 bridgehead atoms. The zero-order valence-corrected chi connectivity index (χ0v) is 11.9. The van der Waals surface area contributed by atoms with Gasteiger partial charge in [-0.05, 0) is 11.4 Å². The molecule has 3 aromatic heterocycles. The first-order valence-corrected chi connectivity index (χ1v) is 7.63. The van der Waals surface area contributed by atoms with Crippen molar-refractivity contribution < 1.29 is 0 Å². The quantitative estimate of drug-likeness (QED) is 0.617. The molecule has 4 rings (SSSR count). The summed E-state index contributed by atoms with van der Waals surface area (Å²) in [4.78, 5) is 0.768. The number of hydrogen-bond donors (Lipinski definition) is 1. The first-order valence-electron chi connectivity index (χ1n) is 5.94. The number of aromatic nitrogens is 4. The Balaban J connectivity index is 1.90. The van der Waals surface area contributed by atoms with Gasteiger partial charge in [0.2, 0.25) is 4.96 Å². The van der Waals surface area contributed by atoms with Gasteiger partial charge in [-0.2, -0.15) is 9.61 Å². The second kappa shape index (κ2) is 4.39. The third-order valence-corrected chi connectivity index (χ3v) is 4.63. The highest BCUT2D eigenvalue weighted by Crippen LogP contribution is 2.34. The molecule has 0 atom stereocenters. The van der Waals surface area contributed by atoms with Crippen LogP contribution < -0.4 is 5.73 Å². The number of thiophene rings is 1. The molecule has 4 aromatic rings. The first kappa shape index (κ1) is 11.6. The average Bonchev–Trinajstić information content (AvgIpc) is 3.13. The van der Waals surface area contributed by atoms with Crippen LogP contribution in [-0.4, -0.2) is 19.8 Å². The first-order chi connectivity index (χ1) is 9.83. The van der Waals surface area contributed by atoms with Crippen molar-refractivity contribution in [2.24, 2.45) is 0 Å². The zero-order chi connectivity index (χ0) is 13.5. The van der Waals surface area contributed by atoms with Gasteiger partial charge in [0.25, 0.3) is 0 Å². The van der Waals surface area contributed by atoms with Crippen molar-refractivity contribution in [3.8, 4) is 22.0 Å². The van der Waals surface area contributed by atoms with Crippen molar-refractivity contribution in [1.29, 1.82) is 0 Å². The van der Waals surface area contributed by atoms with E-state index >= 15 is 0 Å². The van der Waals surface area contributed by atoms with E-state index in [-0.39, 0.29) is 0 Å². The summed E-state index contributed by atoms with van der Waals surface area (Å²) < 4.78 is 1.77. The van der Waals surface area contributed by atoms with E-state index in [1.165, 1.54) is 22.7 Å². The normalized spacial score (nSPS) is 11.2. The van der Waals surface area contributed by atoms with Crippen LogP contribution in [0, 0.1) is 0 Å². The molecule has 0 saturated carbocycles. The minimum Gasteiger partial charge on any atom is -0.390 e. The molecule has 3 heterocycles. The Bertz CT molecular complexity index is 875. The molecule has 98 valence electrons. The molecule has 2 N–H and O–H groups in total. The van der Waals surface area contributed by atoms with E-state index in [0.29, 0.717) is 0 Å². The van der Waals surface area contributed by atoms with E-state index in [9.17, 15) is 0 Å². The maximum absolute atomic E-state index is 5.95. The van der Waals surface area contributed by atoms with Gasteiger partial charge < -0.3 is 5.73 Å². The minimum absolute atomic E-state index is 0.747. The van der Waals surface area contributed by atoms with E-state index in [0.717, 1.165) is 31.9 Å². The van der Waals surface area contributed by atoms with Gasteiger partial charge in [-0.3, -0.25) is 0 Å². The van der Waals surface area contributed by atoms with Crippen LogP contribution in [0.25, 0.3) is 26.9 Å². The summed E-state index contributed by atoms with van der Waals surface area (Å²) in [6, 6.07) is 11.9. The maximum atomic E-state index is 5.95. The highest BCUT2D eigenvalue weighted by atomic mass is 32.1. The topological polar surface area (TPSA) is 69.1 Å². The number of rotatable bonds is 2. The molecule has 0 radical (unpaired) electrons. The van der Waals surface area contributed by atoms with Crippen LogP contribution in [-0.2, 0) is 0 Å². The fraction of sp³-hybridized carbons (Fsp3) is 0. The Kier molecular flexibility index (Phi) is 2.54. The second-order valence-corrected chi connectivity index (χ2v) is 6.09. The van der Waals surface area contributed by atoms with Crippen molar-refractivity contribution in [2.45, 2.75) is 0 Å². The summed E-state index contributed by atoms with van der Waals surface area (Å²) in [6.07, 6.45) is 0. The van der Waals surface area contributed by atoms with Crippen molar-refractivity contribution in [1.82, 2.24) is 19.8 Å². The molecule has 0 amide bonds. The van der Waals surface area contributed by atoms with E-state index in [1.54, 1.807) is 4.52 Å². The van der Waals surface area contributed by atoms with Crippen LogP contribution in [0.2, 0.25) is 0 Å². The van der Waals surface area contributed by atoms with Crippen molar-refractivity contribution in [2.75, 3.05) is 5.73 Å². The molecule has 0 spiro atoms. The van der Waals surface area contributed by atoms with E-state index in [1.807, 2.05) is 41.8 Å². The molecule has 0 fully saturated rings. The largest absolute Gasteiger partial charge is 0.390 e. The van der Waals surface area contributed by atoms with E-state index < -0.39 is 0 Å². The van der Waals surface area contributed by atoms with Crippen molar-refractivity contribution >= 4 is 32.6 Å². The lowest BCUT2D eigenvalue weighted by atomic mass is 10.2. The molecule has 1 aromatic carbocycles. The molecule has 5 nitrogen and oxygen atoms in total. The lowest BCUT2D eigenvalue weighted by Crippen LogP contribution is -1.91. The van der Waals surface area contributed by atoms with Crippen LogP contribution in [0.15, 0.2) is 41.8 Å². The second-order valence-electron chi connectivity index (χ2n) is 4.19. The van der Waals surface area contributed by atoms with Gasteiger partial charge in [0, 0.05) is 11.1 Å². The number of nitrogens with two attached hydrogens (primary N) is 1. The molecule has 0 saturated heterocycles. The molecular formula is C13H9N5S2. The highest BCUT2D eigenvalue weighted by molar-refractivity contribution is 7.20. The van der Waals surface area contributed by atoms with Gasteiger partial charge >= 0.3 is 0 Å². The van der Waals surface area contributed by atoms with Crippen LogP contribution in [0.5, 0.6) is 0 Å². The fourth-order valence-electron chi connectivity index (χ4n) is 1.99. The summed E-state index contributed by atoms with van der Waals surface area (Å²) in [5.74, 6) is 0.747. The monoisotopic (exact) mass is 299 g/mol. The summed E-state index contributed by atoms with van der Waals surface area (Å²) in [6.45, 7) is 0. The lowest BCUT2D eigenvalue weighted by molar-refractivity contribution is 0.971. The minimum atomic E-state index is 0.747. The van der Waals surface area contributed by atoms with Crippen LogP contribution in [0.4, 0.5) is 5.00 Å². The number of anilines is 1. The van der Waals surface area contributed by atoms with Gasteiger partial charge in [-0.25, -0.2) is 0 Å². The average molecular weight is 299 g/mol. The Morgan fingerprint density at radius 1 is 1.05 bits per heavy atom. The molecule has 0 aliphatic carbocycles. The van der Waals surface area contributed by atoms with E-state index in [4.69, 9.17) is 5.73 Å². The van der Waals surface area contributed by atoms with E-state index in [2.05, 4.69) is 15.3 Å². The number of fused-ring (bicyclic) bond motifs is 1. The Labute approximate surface area is 122 Å². The summed E-state index contributed by atoms with van der Waals surface area (Å²) in [7, 11) is 0. The van der Waals surface area contributed by atoms with Crippen LogP contribution in [0.1, 0.15) is 0 Å². The van der Waals surface area contributed by atoms with Gasteiger partial charge in [0.1, 0.15) is 0 Å². The predicted molar refractivity (Wildman–Crippen MR) is 81.8 cm³/mol. The Morgan fingerprint density at radius 3 is 2.65 bits per heavy atom. The molecule has 7 heteroatoms. The summed E-state index contributed by atoms with van der Waals surface area (Å²) in [5.41, 5.74) is 7.91. The standard InChI is InChI=1S/C13H9N5S2/c14-10-9(6-7-19-10)12-17-18-11(15-16-13(18)20-12)8-4-2-1-3-5-8/h1-7H,14H2. The SMILES string of the molecule is Nc1sccc1-c1nn2c(-c3ccccc3)nnc2s1. The molecule has 0 aliphatic rings. The summed E-state index contributed by atoms with van der Waals surface area (Å²) >= 11 is 3.00. The van der Waals surface area contributed by atoms with Crippen LogP contribution >= 0.6 is 22.7 Å². The van der Waals surface area contributed by atoms with Gasteiger partial charge in [0.05, 0.1) is 5.00 Å². The lowest BCUT2D eigenvalue weighted by Gasteiger charge is -1.95. The third-order valence-electron chi connectivity index (χ3n) is 2.95. The number of benzene rings is 1. The number of nitrogens with zero attached hydrogens (tertiary/aromatic N) is 4. The Morgan fingerprint density at radius 2 is 1.90 bits per heavy atom. The van der Waals surface area contributed by atoms with Crippen molar-refractivity contribution in [3.05, 3.63) is 41.8 Å². The molecule has 0 aliphatic heterocycles. The van der Waals surface area contributed by atoms with Gasteiger partial charge in [-0.1, -0.05) is 41.7 Å². The summed E-state index contributed by atoms with van der Waals surface area (Å²) in [5, 5.41) is 16.6. The highest BCUT2D eigenvalue weighted by Gasteiger charge is 2.15. The fourth-order valence-corrected chi connectivity index (χ4v) is 3.58. The third kappa shape index (κ3) is 1.71. The maximum Gasteiger partial charge on any atom is 0.235 e. The smallest absolute Gasteiger partial charge is 0.235 e. The number of nitrogen functional groups attached to an aromatic ring is 1. The zero-order valence-electron chi connectivity index (χ0n) is 10.2. The molecule has 0 unspecified atom stereocenters.